The molecule has 9 nitrogen and oxygen atoms in total. The molecule has 0 unspecified atom stereocenters. The second-order valence-corrected chi connectivity index (χ2v) is 11.8. The minimum absolute atomic E-state index is 0.0285. The Hall–Kier alpha value is -3.28. The number of nitrogens with one attached hydrogen (secondary N) is 2. The van der Waals surface area contributed by atoms with Crippen molar-refractivity contribution in [3.8, 4) is 0 Å². The molecule has 0 radical (unpaired) electrons. The maximum absolute atomic E-state index is 13.3. The van der Waals surface area contributed by atoms with Crippen molar-refractivity contribution < 1.29 is 22.7 Å². The second kappa shape index (κ2) is 9.64. The lowest BCUT2D eigenvalue weighted by atomic mass is 10.1. The number of amides is 2. The fourth-order valence-corrected chi connectivity index (χ4v) is 7.14. The molecule has 2 N–H and O–H groups in total. The van der Waals surface area contributed by atoms with E-state index in [1.54, 1.807) is 32.4 Å². The number of methoxy groups -OCH3 is 1. The van der Waals surface area contributed by atoms with E-state index in [0.29, 0.717) is 11.1 Å². The maximum atomic E-state index is 13.3. The zero-order valence-corrected chi connectivity index (χ0v) is 21.5. The standard InChI is InChI=1S/C25H26N4O5S2/c1-15-18(7-8-21-22(15)28-24(31)19-5-3-4-6-20(19)36(21,32)33)23(30)26-13-17-14-27-25(35-17)29-11-9-16(34-2)10-12-29/h3-8,14,16H,9-13H2,1-2H3,(H,26,30)(H,28,31). The fraction of sp³-hybridized carbons (Fsp3) is 0.320. The number of hydrogen-bond acceptors (Lipinski definition) is 8. The molecule has 3 aromatic rings. The average molecular weight is 527 g/mol. The first-order valence-corrected chi connectivity index (χ1v) is 13.9. The number of ether oxygens (including phenoxy) is 1. The summed E-state index contributed by atoms with van der Waals surface area (Å²) in [5.74, 6) is -0.889. The van der Waals surface area contributed by atoms with Crippen LogP contribution >= 0.6 is 11.3 Å². The highest BCUT2D eigenvalue weighted by atomic mass is 32.2. The van der Waals surface area contributed by atoms with Crippen molar-refractivity contribution in [3.63, 3.8) is 0 Å². The first-order valence-electron chi connectivity index (χ1n) is 11.6. The number of anilines is 2. The Morgan fingerprint density at radius 1 is 1.19 bits per heavy atom. The summed E-state index contributed by atoms with van der Waals surface area (Å²) in [7, 11) is -2.20. The van der Waals surface area contributed by atoms with Gasteiger partial charge in [0, 0.05) is 36.8 Å². The Morgan fingerprint density at radius 3 is 2.69 bits per heavy atom. The summed E-state index contributed by atoms with van der Waals surface area (Å²) in [6.45, 7) is 3.68. The van der Waals surface area contributed by atoms with Gasteiger partial charge in [0.25, 0.3) is 11.8 Å². The molecule has 5 rings (SSSR count). The molecule has 2 amide bonds. The van der Waals surface area contributed by atoms with Gasteiger partial charge in [-0.15, -0.1) is 11.3 Å². The third-order valence-electron chi connectivity index (χ3n) is 6.63. The topological polar surface area (TPSA) is 118 Å². The predicted octanol–water partition coefficient (Wildman–Crippen LogP) is 3.40. The van der Waals surface area contributed by atoms with Gasteiger partial charge in [0.1, 0.15) is 0 Å². The summed E-state index contributed by atoms with van der Waals surface area (Å²) in [6, 6.07) is 8.94. The lowest BCUT2D eigenvalue weighted by Crippen LogP contribution is -2.36. The quantitative estimate of drug-likeness (QED) is 0.523. The molecule has 2 aliphatic heterocycles. The van der Waals surface area contributed by atoms with Crippen molar-refractivity contribution in [3.05, 3.63) is 64.2 Å². The molecule has 0 spiro atoms. The Kier molecular flexibility index (Phi) is 6.54. The number of piperidine rings is 1. The van der Waals surface area contributed by atoms with Crippen molar-refractivity contribution in [2.45, 2.75) is 42.2 Å². The number of aromatic nitrogens is 1. The summed E-state index contributed by atoms with van der Waals surface area (Å²) < 4.78 is 32.0. The molecule has 0 aliphatic carbocycles. The van der Waals surface area contributed by atoms with E-state index in [2.05, 4.69) is 20.5 Å². The van der Waals surface area contributed by atoms with Crippen LogP contribution in [0.25, 0.3) is 0 Å². The molecule has 0 atom stereocenters. The van der Waals surface area contributed by atoms with Gasteiger partial charge in [-0.05, 0) is 49.6 Å². The van der Waals surface area contributed by atoms with E-state index in [0.717, 1.165) is 35.9 Å². The van der Waals surface area contributed by atoms with E-state index in [1.165, 1.54) is 35.6 Å². The maximum Gasteiger partial charge on any atom is 0.257 e. The number of nitrogens with zero attached hydrogens (tertiary/aromatic N) is 2. The molecule has 36 heavy (non-hydrogen) atoms. The highest BCUT2D eigenvalue weighted by Crippen LogP contribution is 2.36. The molecule has 2 aromatic carbocycles. The van der Waals surface area contributed by atoms with Gasteiger partial charge in [-0.25, -0.2) is 13.4 Å². The Balaban J connectivity index is 1.33. The van der Waals surface area contributed by atoms with E-state index in [4.69, 9.17) is 4.74 Å². The minimum Gasteiger partial charge on any atom is -0.381 e. The molecule has 188 valence electrons. The molecule has 0 bridgehead atoms. The van der Waals surface area contributed by atoms with Gasteiger partial charge in [0.2, 0.25) is 9.84 Å². The number of sulfone groups is 1. The molecule has 1 fully saturated rings. The van der Waals surface area contributed by atoms with Crippen LogP contribution < -0.4 is 15.5 Å². The van der Waals surface area contributed by atoms with E-state index in [-0.39, 0.29) is 39.6 Å². The fourth-order valence-electron chi connectivity index (χ4n) is 4.57. The highest BCUT2D eigenvalue weighted by Gasteiger charge is 2.33. The largest absolute Gasteiger partial charge is 0.381 e. The number of hydrogen-bond donors (Lipinski definition) is 2. The molecular weight excluding hydrogens is 500 g/mol. The molecule has 11 heteroatoms. The van der Waals surface area contributed by atoms with Gasteiger partial charge in [0.15, 0.2) is 5.13 Å². The SMILES string of the molecule is COC1CCN(c2ncc(CNC(=O)c3ccc4c(c3C)NC(=O)c3ccccc3S4(=O)=O)s2)CC1. The lowest BCUT2D eigenvalue weighted by Gasteiger charge is -2.30. The third-order valence-corrected chi connectivity index (χ3v) is 9.54. The number of rotatable bonds is 5. The van der Waals surface area contributed by atoms with E-state index in [9.17, 15) is 18.0 Å². The molecule has 3 heterocycles. The molecule has 0 saturated carbocycles. The van der Waals surface area contributed by atoms with Crippen molar-refractivity contribution in [1.29, 1.82) is 0 Å². The summed E-state index contributed by atoms with van der Waals surface area (Å²) in [5.41, 5.74) is 0.886. The van der Waals surface area contributed by atoms with Crippen molar-refractivity contribution in [2.75, 3.05) is 30.4 Å². The lowest BCUT2D eigenvalue weighted by molar-refractivity contribution is 0.0819. The van der Waals surface area contributed by atoms with Crippen LogP contribution in [-0.4, -0.2) is 51.5 Å². The number of fused-ring (bicyclic) bond motifs is 2. The zero-order chi connectivity index (χ0) is 25.4. The van der Waals surface area contributed by atoms with Gasteiger partial charge in [0.05, 0.1) is 33.7 Å². The van der Waals surface area contributed by atoms with E-state index < -0.39 is 15.7 Å². The normalized spacial score (nSPS) is 17.1. The van der Waals surface area contributed by atoms with Crippen molar-refractivity contribution in [2.24, 2.45) is 0 Å². The molecule has 1 aromatic heterocycles. The highest BCUT2D eigenvalue weighted by molar-refractivity contribution is 7.91. The predicted molar refractivity (Wildman–Crippen MR) is 137 cm³/mol. The van der Waals surface area contributed by atoms with Gasteiger partial charge in [-0.3, -0.25) is 9.59 Å². The number of thiazole rings is 1. The molecule has 1 saturated heterocycles. The second-order valence-electron chi connectivity index (χ2n) is 8.78. The Labute approximate surface area is 213 Å². The monoisotopic (exact) mass is 526 g/mol. The summed E-state index contributed by atoms with van der Waals surface area (Å²) in [6.07, 6.45) is 3.96. The summed E-state index contributed by atoms with van der Waals surface area (Å²) in [5, 5.41) is 6.51. The van der Waals surface area contributed by atoms with Crippen LogP contribution in [0.2, 0.25) is 0 Å². The van der Waals surface area contributed by atoms with Crippen LogP contribution in [0.5, 0.6) is 0 Å². The van der Waals surface area contributed by atoms with Crippen LogP contribution in [0.3, 0.4) is 0 Å². The first-order chi connectivity index (χ1) is 17.3. The van der Waals surface area contributed by atoms with Crippen molar-refractivity contribution in [1.82, 2.24) is 10.3 Å². The van der Waals surface area contributed by atoms with Gasteiger partial charge in [-0.2, -0.15) is 0 Å². The van der Waals surface area contributed by atoms with Gasteiger partial charge < -0.3 is 20.3 Å². The van der Waals surface area contributed by atoms with Crippen molar-refractivity contribution >= 4 is 43.8 Å². The smallest absolute Gasteiger partial charge is 0.257 e. The Bertz CT molecular complexity index is 1440. The third kappa shape index (κ3) is 4.38. The number of carbonyl (C=O) groups excluding carboxylic acids is 2. The first kappa shape index (κ1) is 24.4. The minimum atomic E-state index is -3.94. The summed E-state index contributed by atoms with van der Waals surface area (Å²) >= 11 is 1.53. The van der Waals surface area contributed by atoms with Crippen LogP contribution in [-0.2, 0) is 21.1 Å². The van der Waals surface area contributed by atoms with E-state index in [1.807, 2.05) is 0 Å². The van der Waals surface area contributed by atoms with Gasteiger partial charge in [-0.1, -0.05) is 12.1 Å². The van der Waals surface area contributed by atoms with Crippen LogP contribution in [0.1, 0.15) is 44.0 Å². The van der Waals surface area contributed by atoms with Gasteiger partial charge >= 0.3 is 0 Å². The van der Waals surface area contributed by atoms with E-state index >= 15 is 0 Å². The Morgan fingerprint density at radius 2 is 1.94 bits per heavy atom. The number of benzene rings is 2. The molecule has 2 aliphatic rings. The summed E-state index contributed by atoms with van der Waals surface area (Å²) in [4.78, 5) is 33.4. The molecular formula is C25H26N4O5S2. The zero-order valence-electron chi connectivity index (χ0n) is 19.9. The number of carbonyl (C=O) groups is 2. The van der Waals surface area contributed by atoms with Crippen LogP contribution in [0.15, 0.2) is 52.4 Å². The van der Waals surface area contributed by atoms with Crippen LogP contribution in [0.4, 0.5) is 10.8 Å². The van der Waals surface area contributed by atoms with Crippen LogP contribution in [0, 0.1) is 6.92 Å². The average Bonchev–Trinajstić information content (AvgIpc) is 3.34.